The number of methoxy groups -OCH3 is 3. The molecular formula is C25H30N2O4. The van der Waals surface area contributed by atoms with Crippen LogP contribution >= 0.6 is 0 Å². The van der Waals surface area contributed by atoms with Crippen molar-refractivity contribution in [3.8, 4) is 5.75 Å². The van der Waals surface area contributed by atoms with Gasteiger partial charge in [0.15, 0.2) is 0 Å². The van der Waals surface area contributed by atoms with Crippen LogP contribution in [0.15, 0.2) is 66.9 Å². The second-order valence-electron chi connectivity index (χ2n) is 7.33. The molecule has 0 amide bonds. The summed E-state index contributed by atoms with van der Waals surface area (Å²) >= 11 is 0. The average molecular weight is 423 g/mol. The van der Waals surface area contributed by atoms with Crippen molar-refractivity contribution < 1.29 is 19.0 Å². The summed E-state index contributed by atoms with van der Waals surface area (Å²) in [6.45, 7) is 3.47. The lowest BCUT2D eigenvalue weighted by Gasteiger charge is -2.24. The van der Waals surface area contributed by atoms with Gasteiger partial charge in [-0.2, -0.15) is 0 Å². The van der Waals surface area contributed by atoms with E-state index in [0.29, 0.717) is 18.7 Å². The third-order valence-corrected chi connectivity index (χ3v) is 5.22. The minimum absolute atomic E-state index is 0.316. The first-order chi connectivity index (χ1) is 15.1. The molecular weight excluding hydrogens is 392 g/mol. The number of hydrogen-bond acceptors (Lipinski definition) is 5. The number of nitrogens with zero attached hydrogens (tertiary/aromatic N) is 2. The van der Waals surface area contributed by atoms with Crippen LogP contribution in [0.3, 0.4) is 0 Å². The van der Waals surface area contributed by atoms with E-state index in [2.05, 4.69) is 39.9 Å². The number of rotatable bonds is 11. The molecule has 3 aromatic rings. The molecule has 0 aliphatic rings. The summed E-state index contributed by atoms with van der Waals surface area (Å²) in [5.74, 6) is 0.538. The van der Waals surface area contributed by atoms with Crippen LogP contribution in [0, 0.1) is 0 Å². The predicted molar refractivity (Wildman–Crippen MR) is 120 cm³/mol. The molecule has 6 nitrogen and oxygen atoms in total. The zero-order valence-electron chi connectivity index (χ0n) is 18.4. The zero-order valence-corrected chi connectivity index (χ0v) is 18.4. The Hall–Kier alpha value is -3.09. The summed E-state index contributed by atoms with van der Waals surface area (Å²) in [7, 11) is 4.79. The molecule has 3 rings (SSSR count). The van der Waals surface area contributed by atoms with Crippen LogP contribution in [0.25, 0.3) is 0 Å². The van der Waals surface area contributed by atoms with Gasteiger partial charge in [0.05, 0.1) is 26.4 Å². The number of carbonyl (C=O) groups is 1. The Bertz CT molecular complexity index is 983. The summed E-state index contributed by atoms with van der Waals surface area (Å²) in [5, 5.41) is 0. The first kappa shape index (κ1) is 22.6. The Morgan fingerprint density at radius 2 is 1.81 bits per heavy atom. The quantitative estimate of drug-likeness (QED) is 0.438. The van der Waals surface area contributed by atoms with Gasteiger partial charge in [-0.1, -0.05) is 30.3 Å². The first-order valence-electron chi connectivity index (χ1n) is 10.3. The van der Waals surface area contributed by atoms with Crippen molar-refractivity contribution in [3.05, 3.63) is 89.2 Å². The normalized spacial score (nSPS) is 11.0. The van der Waals surface area contributed by atoms with Gasteiger partial charge < -0.3 is 18.8 Å². The fourth-order valence-corrected chi connectivity index (χ4v) is 3.59. The summed E-state index contributed by atoms with van der Waals surface area (Å²) < 4.78 is 17.9. The first-order valence-corrected chi connectivity index (χ1v) is 10.3. The molecule has 0 atom stereocenters. The highest BCUT2D eigenvalue weighted by molar-refractivity contribution is 5.90. The number of carbonyl (C=O) groups excluding carboxylic acids is 1. The van der Waals surface area contributed by atoms with E-state index in [-0.39, 0.29) is 5.97 Å². The van der Waals surface area contributed by atoms with Crippen LogP contribution in [0.4, 0.5) is 0 Å². The van der Waals surface area contributed by atoms with Crippen molar-refractivity contribution in [1.82, 2.24) is 9.47 Å². The van der Waals surface area contributed by atoms with E-state index in [9.17, 15) is 4.79 Å². The minimum Gasteiger partial charge on any atom is -0.497 e. The molecule has 164 valence electrons. The maximum Gasteiger partial charge on any atom is 0.338 e. The van der Waals surface area contributed by atoms with Crippen molar-refractivity contribution in [1.29, 1.82) is 0 Å². The topological polar surface area (TPSA) is 52.9 Å². The molecule has 31 heavy (non-hydrogen) atoms. The van der Waals surface area contributed by atoms with Crippen LogP contribution < -0.4 is 4.74 Å². The maximum absolute atomic E-state index is 12.2. The van der Waals surface area contributed by atoms with E-state index in [1.165, 1.54) is 18.4 Å². The molecule has 0 fully saturated rings. The zero-order chi connectivity index (χ0) is 22.1. The molecule has 0 radical (unpaired) electrons. The SMILES string of the molecule is COCCN(Cc1ccccc1C(=O)OC)Cc1cccn1Cc1cccc(OC)c1. The largest absolute Gasteiger partial charge is 0.497 e. The maximum atomic E-state index is 12.2. The van der Waals surface area contributed by atoms with Gasteiger partial charge in [-0.15, -0.1) is 0 Å². The van der Waals surface area contributed by atoms with E-state index in [1.54, 1.807) is 20.3 Å². The van der Waals surface area contributed by atoms with Crippen LogP contribution in [0.1, 0.15) is 27.2 Å². The van der Waals surface area contributed by atoms with E-state index >= 15 is 0 Å². The Balaban J connectivity index is 1.78. The number of ether oxygens (including phenoxy) is 3. The number of aromatic nitrogens is 1. The highest BCUT2D eigenvalue weighted by Crippen LogP contribution is 2.18. The third kappa shape index (κ3) is 6.20. The van der Waals surface area contributed by atoms with Crippen LogP contribution in [-0.4, -0.2) is 49.9 Å². The molecule has 0 aliphatic heterocycles. The molecule has 1 aromatic heterocycles. The monoisotopic (exact) mass is 422 g/mol. The highest BCUT2D eigenvalue weighted by atomic mass is 16.5. The number of benzene rings is 2. The highest BCUT2D eigenvalue weighted by Gasteiger charge is 2.16. The van der Waals surface area contributed by atoms with Gasteiger partial charge in [-0.25, -0.2) is 4.79 Å². The van der Waals surface area contributed by atoms with E-state index in [1.807, 2.05) is 30.3 Å². The lowest BCUT2D eigenvalue weighted by atomic mass is 10.1. The fourth-order valence-electron chi connectivity index (χ4n) is 3.59. The lowest BCUT2D eigenvalue weighted by Crippen LogP contribution is -2.28. The summed E-state index contributed by atoms with van der Waals surface area (Å²) in [5.41, 5.74) is 3.90. The number of hydrogen-bond donors (Lipinski definition) is 0. The Labute approximate surface area is 184 Å². The van der Waals surface area contributed by atoms with Gasteiger partial charge >= 0.3 is 5.97 Å². The summed E-state index contributed by atoms with van der Waals surface area (Å²) in [6.07, 6.45) is 2.09. The van der Waals surface area contributed by atoms with Gasteiger partial charge in [0.1, 0.15) is 5.75 Å². The number of esters is 1. The molecule has 1 heterocycles. The van der Waals surface area contributed by atoms with E-state index in [0.717, 1.165) is 30.9 Å². The van der Waals surface area contributed by atoms with Gasteiger partial charge in [0.25, 0.3) is 0 Å². The van der Waals surface area contributed by atoms with Gasteiger partial charge in [-0.05, 0) is 41.5 Å². The molecule has 0 saturated heterocycles. The van der Waals surface area contributed by atoms with E-state index < -0.39 is 0 Å². The van der Waals surface area contributed by atoms with Crippen molar-refractivity contribution in [3.63, 3.8) is 0 Å². The molecule has 6 heteroatoms. The van der Waals surface area contributed by atoms with Gasteiger partial charge in [-0.3, -0.25) is 4.90 Å². The summed E-state index contributed by atoms with van der Waals surface area (Å²) in [6, 6.07) is 19.9. The van der Waals surface area contributed by atoms with Crippen molar-refractivity contribution in [2.24, 2.45) is 0 Å². The van der Waals surface area contributed by atoms with Crippen LogP contribution in [-0.2, 0) is 29.1 Å². The van der Waals surface area contributed by atoms with Crippen LogP contribution in [0.5, 0.6) is 5.75 Å². The Morgan fingerprint density at radius 1 is 0.968 bits per heavy atom. The molecule has 0 spiro atoms. The lowest BCUT2D eigenvalue weighted by molar-refractivity contribution is 0.0597. The molecule has 2 aromatic carbocycles. The molecule has 0 bridgehead atoms. The second kappa shape index (κ2) is 11.3. The molecule has 0 saturated carbocycles. The fraction of sp³-hybridized carbons (Fsp3) is 0.320. The third-order valence-electron chi connectivity index (χ3n) is 5.22. The van der Waals surface area contributed by atoms with Gasteiger partial charge in [0.2, 0.25) is 0 Å². The van der Waals surface area contributed by atoms with Crippen LogP contribution in [0.2, 0.25) is 0 Å². The van der Waals surface area contributed by atoms with Gasteiger partial charge in [0, 0.05) is 45.2 Å². The smallest absolute Gasteiger partial charge is 0.338 e. The second-order valence-corrected chi connectivity index (χ2v) is 7.33. The minimum atomic E-state index is -0.316. The predicted octanol–water partition coefficient (Wildman–Crippen LogP) is 3.98. The van der Waals surface area contributed by atoms with Crippen molar-refractivity contribution in [2.45, 2.75) is 19.6 Å². The van der Waals surface area contributed by atoms with Crippen molar-refractivity contribution >= 4 is 5.97 Å². The average Bonchev–Trinajstić information content (AvgIpc) is 3.23. The standard InChI is InChI=1S/C25H30N2O4/c1-29-15-14-26(18-21-9-4-5-12-24(21)25(28)31-3)19-22-10-7-13-27(22)17-20-8-6-11-23(16-20)30-2/h4-13,16H,14-15,17-19H2,1-3H3. The van der Waals surface area contributed by atoms with E-state index in [4.69, 9.17) is 14.2 Å². The van der Waals surface area contributed by atoms with Crippen molar-refractivity contribution in [2.75, 3.05) is 34.5 Å². The molecule has 0 aliphatic carbocycles. The molecule has 0 N–H and O–H groups in total. The Kier molecular flexibility index (Phi) is 8.27. The summed E-state index contributed by atoms with van der Waals surface area (Å²) in [4.78, 5) is 14.5. The molecule has 0 unspecified atom stereocenters. The Morgan fingerprint density at radius 3 is 2.58 bits per heavy atom.